The first-order valence-corrected chi connectivity index (χ1v) is 7.89. The van der Waals surface area contributed by atoms with E-state index in [2.05, 4.69) is 11.8 Å². The molecule has 2 heterocycles. The highest BCUT2D eigenvalue weighted by molar-refractivity contribution is 4.83. The summed E-state index contributed by atoms with van der Waals surface area (Å²) in [6, 6.07) is 0.786. The molecule has 106 valence electrons. The average Bonchev–Trinajstić information content (AvgIpc) is 2.41. The largest absolute Gasteiger partial charge is 0.378 e. The molecule has 3 nitrogen and oxygen atoms in total. The normalized spacial score (nSPS) is 31.7. The summed E-state index contributed by atoms with van der Waals surface area (Å²) in [6.07, 6.45) is 9.43. The van der Waals surface area contributed by atoms with Crippen molar-refractivity contribution in [1.82, 2.24) is 4.90 Å². The van der Waals surface area contributed by atoms with Gasteiger partial charge in [-0.1, -0.05) is 13.3 Å². The third kappa shape index (κ3) is 3.94. The van der Waals surface area contributed by atoms with Crippen LogP contribution in [0.2, 0.25) is 0 Å². The first-order chi connectivity index (χ1) is 8.83. The topological polar surface area (TPSA) is 38.5 Å². The van der Waals surface area contributed by atoms with E-state index in [0.29, 0.717) is 6.10 Å². The van der Waals surface area contributed by atoms with Gasteiger partial charge in [0.05, 0.1) is 6.10 Å². The maximum Gasteiger partial charge on any atom is 0.0590 e. The van der Waals surface area contributed by atoms with Crippen molar-refractivity contribution in [3.8, 4) is 0 Å². The van der Waals surface area contributed by atoms with Crippen molar-refractivity contribution in [2.75, 3.05) is 26.2 Å². The number of ether oxygens (including phenoxy) is 1. The van der Waals surface area contributed by atoms with Crippen LogP contribution in [0.25, 0.3) is 0 Å². The Morgan fingerprint density at radius 3 is 2.61 bits per heavy atom. The molecule has 2 N–H and O–H groups in total. The molecule has 2 rings (SSSR count). The quantitative estimate of drug-likeness (QED) is 0.819. The Kier molecular flexibility index (Phi) is 5.93. The minimum atomic E-state index is 0.524. The number of likely N-dealkylation sites (tertiary alicyclic amines) is 1. The summed E-state index contributed by atoms with van der Waals surface area (Å²) in [6.45, 7) is 6.66. The molecule has 0 aromatic heterocycles. The lowest BCUT2D eigenvalue weighted by molar-refractivity contribution is -0.0370. The van der Waals surface area contributed by atoms with Gasteiger partial charge in [0.25, 0.3) is 0 Å². The third-order valence-corrected chi connectivity index (χ3v) is 4.69. The fraction of sp³-hybridized carbons (Fsp3) is 1.00. The smallest absolute Gasteiger partial charge is 0.0590 e. The van der Waals surface area contributed by atoms with E-state index < -0.39 is 0 Å². The Bertz CT molecular complexity index is 225. The molecule has 2 aliphatic rings. The third-order valence-electron chi connectivity index (χ3n) is 4.69. The lowest BCUT2D eigenvalue weighted by Gasteiger charge is -2.41. The van der Waals surface area contributed by atoms with E-state index in [1.54, 1.807) is 0 Å². The fourth-order valence-electron chi connectivity index (χ4n) is 3.56. The zero-order chi connectivity index (χ0) is 12.8. The van der Waals surface area contributed by atoms with E-state index in [1.165, 1.54) is 58.0 Å². The minimum Gasteiger partial charge on any atom is -0.378 e. The Morgan fingerprint density at radius 1 is 1.17 bits per heavy atom. The van der Waals surface area contributed by atoms with Gasteiger partial charge in [-0.2, -0.15) is 0 Å². The van der Waals surface area contributed by atoms with Crippen LogP contribution in [-0.4, -0.2) is 43.3 Å². The van der Waals surface area contributed by atoms with Crippen LogP contribution >= 0.6 is 0 Å². The van der Waals surface area contributed by atoms with Crippen LogP contribution in [0.1, 0.15) is 51.9 Å². The van der Waals surface area contributed by atoms with Crippen molar-refractivity contribution in [2.24, 2.45) is 11.7 Å². The molecule has 0 radical (unpaired) electrons. The van der Waals surface area contributed by atoms with Crippen molar-refractivity contribution in [3.63, 3.8) is 0 Å². The number of hydrogen-bond acceptors (Lipinski definition) is 3. The molecule has 3 heteroatoms. The SMILES string of the molecule is CCCC1CC(N2CCC(CCN)CC2)CCO1. The average molecular weight is 254 g/mol. The van der Waals surface area contributed by atoms with Crippen LogP contribution in [0.4, 0.5) is 0 Å². The van der Waals surface area contributed by atoms with E-state index >= 15 is 0 Å². The van der Waals surface area contributed by atoms with Crippen LogP contribution in [0, 0.1) is 5.92 Å². The summed E-state index contributed by atoms with van der Waals surface area (Å²) >= 11 is 0. The lowest BCUT2D eigenvalue weighted by atomic mass is 9.90. The number of piperidine rings is 1. The van der Waals surface area contributed by atoms with Gasteiger partial charge in [0.1, 0.15) is 0 Å². The van der Waals surface area contributed by atoms with Crippen molar-refractivity contribution < 1.29 is 4.74 Å². The van der Waals surface area contributed by atoms with E-state index in [-0.39, 0.29) is 0 Å². The van der Waals surface area contributed by atoms with Gasteiger partial charge in [-0.3, -0.25) is 0 Å². The van der Waals surface area contributed by atoms with Crippen LogP contribution in [-0.2, 0) is 4.74 Å². The van der Waals surface area contributed by atoms with Crippen LogP contribution in [0.15, 0.2) is 0 Å². The second-order valence-corrected chi connectivity index (χ2v) is 6.02. The van der Waals surface area contributed by atoms with Gasteiger partial charge in [0, 0.05) is 12.6 Å². The Balaban J connectivity index is 1.75. The molecule has 0 aromatic rings. The molecule has 0 saturated carbocycles. The molecule has 0 spiro atoms. The maximum absolute atomic E-state index is 5.86. The summed E-state index contributed by atoms with van der Waals surface area (Å²) in [5.41, 5.74) is 5.66. The highest BCUT2D eigenvalue weighted by atomic mass is 16.5. The summed E-state index contributed by atoms with van der Waals surface area (Å²) < 4.78 is 5.86. The summed E-state index contributed by atoms with van der Waals surface area (Å²) in [4.78, 5) is 2.72. The van der Waals surface area contributed by atoms with E-state index in [1.807, 2.05) is 0 Å². The van der Waals surface area contributed by atoms with Gasteiger partial charge in [-0.25, -0.2) is 0 Å². The van der Waals surface area contributed by atoms with Crippen molar-refractivity contribution in [3.05, 3.63) is 0 Å². The predicted octanol–water partition coefficient (Wildman–Crippen LogP) is 2.39. The molecule has 2 fully saturated rings. The molecular formula is C15H30N2O. The first kappa shape index (κ1) is 14.3. The molecule has 2 unspecified atom stereocenters. The number of hydrogen-bond donors (Lipinski definition) is 1. The summed E-state index contributed by atoms with van der Waals surface area (Å²) in [5, 5.41) is 0. The molecule has 2 atom stereocenters. The molecule has 2 saturated heterocycles. The standard InChI is InChI=1S/C15H30N2O/c1-2-3-15-12-14(7-11-18-15)17-9-5-13(4-8-16)6-10-17/h13-15H,2-12,16H2,1H3. The molecule has 18 heavy (non-hydrogen) atoms. The molecule has 2 aliphatic heterocycles. The number of nitrogens with zero attached hydrogens (tertiary/aromatic N) is 1. The monoisotopic (exact) mass is 254 g/mol. The van der Waals surface area contributed by atoms with Crippen LogP contribution in [0.3, 0.4) is 0 Å². The minimum absolute atomic E-state index is 0.524. The van der Waals surface area contributed by atoms with Crippen LogP contribution in [0.5, 0.6) is 0 Å². The van der Waals surface area contributed by atoms with Crippen LogP contribution < -0.4 is 5.73 Å². The molecule has 0 aromatic carbocycles. The van der Waals surface area contributed by atoms with Crippen molar-refractivity contribution in [1.29, 1.82) is 0 Å². The maximum atomic E-state index is 5.86. The van der Waals surface area contributed by atoms with E-state index in [9.17, 15) is 0 Å². The van der Waals surface area contributed by atoms with Crippen molar-refractivity contribution in [2.45, 2.75) is 64.0 Å². The molecular weight excluding hydrogens is 224 g/mol. The second kappa shape index (κ2) is 7.46. The van der Waals surface area contributed by atoms with Crippen molar-refractivity contribution >= 4 is 0 Å². The van der Waals surface area contributed by atoms with Gasteiger partial charge in [-0.05, 0) is 64.1 Å². The summed E-state index contributed by atoms with van der Waals surface area (Å²) in [5.74, 6) is 0.887. The Morgan fingerprint density at radius 2 is 1.94 bits per heavy atom. The fourth-order valence-corrected chi connectivity index (χ4v) is 3.56. The molecule has 0 amide bonds. The zero-order valence-electron chi connectivity index (χ0n) is 11.9. The predicted molar refractivity (Wildman–Crippen MR) is 75.6 cm³/mol. The number of nitrogens with two attached hydrogens (primary N) is 1. The second-order valence-electron chi connectivity index (χ2n) is 6.02. The summed E-state index contributed by atoms with van der Waals surface area (Å²) in [7, 11) is 0. The van der Waals surface area contributed by atoms with Gasteiger partial charge < -0.3 is 15.4 Å². The van der Waals surface area contributed by atoms with E-state index in [4.69, 9.17) is 10.5 Å². The van der Waals surface area contributed by atoms with E-state index in [0.717, 1.165) is 25.1 Å². The number of rotatable bonds is 5. The lowest BCUT2D eigenvalue weighted by Crippen LogP contribution is -2.46. The molecule has 0 aliphatic carbocycles. The van der Waals surface area contributed by atoms with Gasteiger partial charge >= 0.3 is 0 Å². The first-order valence-electron chi connectivity index (χ1n) is 7.89. The van der Waals surface area contributed by atoms with Gasteiger partial charge in [0.2, 0.25) is 0 Å². The highest BCUT2D eigenvalue weighted by Crippen LogP contribution is 2.27. The highest BCUT2D eigenvalue weighted by Gasteiger charge is 2.29. The Labute approximate surface area is 112 Å². The zero-order valence-corrected chi connectivity index (χ0v) is 11.9. The molecule has 0 bridgehead atoms. The van der Waals surface area contributed by atoms with Gasteiger partial charge in [-0.15, -0.1) is 0 Å². The Hall–Kier alpha value is -0.120. The van der Waals surface area contributed by atoms with Gasteiger partial charge in [0.15, 0.2) is 0 Å².